The lowest BCUT2D eigenvalue weighted by Gasteiger charge is -2.08. The third-order valence-corrected chi connectivity index (χ3v) is 2.30. The zero-order chi connectivity index (χ0) is 11.4. The van der Waals surface area contributed by atoms with Gasteiger partial charge in [-0.3, -0.25) is 0 Å². The maximum atomic E-state index is 5.20. The molecule has 0 aliphatic heterocycles. The zero-order valence-corrected chi connectivity index (χ0v) is 9.28. The maximum absolute atomic E-state index is 5.20. The summed E-state index contributed by atoms with van der Waals surface area (Å²) in [4.78, 5) is 0. The number of benzene rings is 2. The molecular weight excluding hydrogens is 200 g/mol. The molecule has 2 rings (SSSR count). The monoisotopic (exact) mass is 212 g/mol. The van der Waals surface area contributed by atoms with Crippen molar-refractivity contribution in [1.82, 2.24) is 0 Å². The van der Waals surface area contributed by atoms with Gasteiger partial charge in [0.1, 0.15) is 0 Å². The van der Waals surface area contributed by atoms with E-state index >= 15 is 0 Å². The van der Waals surface area contributed by atoms with Crippen LogP contribution in [0.3, 0.4) is 0 Å². The van der Waals surface area contributed by atoms with Crippen LogP contribution in [0.5, 0.6) is 11.5 Å². The Labute approximate surface area is 95.4 Å². The van der Waals surface area contributed by atoms with Gasteiger partial charge in [-0.1, -0.05) is 24.3 Å². The molecule has 0 atom stereocenters. The predicted molar refractivity (Wildman–Crippen MR) is 62.7 cm³/mol. The summed E-state index contributed by atoms with van der Waals surface area (Å²) in [5.74, 6) is 1.29. The number of ether oxygens (including phenoxy) is 2. The van der Waals surface area contributed by atoms with E-state index in [1.165, 1.54) is 0 Å². The van der Waals surface area contributed by atoms with Crippen molar-refractivity contribution in [2.75, 3.05) is 14.2 Å². The maximum Gasteiger partial charge on any atom is 0.169 e. The molecule has 16 heavy (non-hydrogen) atoms. The third-order valence-electron chi connectivity index (χ3n) is 2.30. The molecule has 0 unspecified atom stereocenters. The molecule has 0 aliphatic rings. The Morgan fingerprint density at radius 1 is 0.938 bits per heavy atom. The molecular formula is C14H12O2. The van der Waals surface area contributed by atoms with E-state index in [0.717, 1.165) is 11.1 Å². The predicted octanol–water partition coefficient (Wildman–Crippen LogP) is 2.97. The van der Waals surface area contributed by atoms with Crippen LogP contribution in [-0.2, 0) is 0 Å². The Morgan fingerprint density at radius 2 is 1.81 bits per heavy atom. The van der Waals surface area contributed by atoms with Gasteiger partial charge in [0, 0.05) is 6.07 Å². The molecule has 2 radical (unpaired) electrons. The van der Waals surface area contributed by atoms with E-state index in [-0.39, 0.29) is 0 Å². The molecule has 0 amide bonds. The van der Waals surface area contributed by atoms with Crippen LogP contribution in [0.15, 0.2) is 36.4 Å². The van der Waals surface area contributed by atoms with Crippen LogP contribution in [0.1, 0.15) is 0 Å². The quantitative estimate of drug-likeness (QED) is 0.778. The first-order valence-electron chi connectivity index (χ1n) is 4.96. The van der Waals surface area contributed by atoms with Crippen LogP contribution in [0.4, 0.5) is 0 Å². The van der Waals surface area contributed by atoms with E-state index in [2.05, 4.69) is 12.1 Å². The van der Waals surface area contributed by atoms with E-state index in [1.54, 1.807) is 14.2 Å². The van der Waals surface area contributed by atoms with Gasteiger partial charge < -0.3 is 9.47 Å². The molecule has 2 heteroatoms. The van der Waals surface area contributed by atoms with Crippen molar-refractivity contribution < 1.29 is 9.47 Å². The van der Waals surface area contributed by atoms with Gasteiger partial charge in [-0.05, 0) is 29.3 Å². The van der Waals surface area contributed by atoms with Gasteiger partial charge in [-0.15, -0.1) is 0 Å². The molecule has 80 valence electrons. The van der Waals surface area contributed by atoms with Crippen molar-refractivity contribution in [1.29, 1.82) is 0 Å². The second kappa shape index (κ2) is 4.71. The Bertz CT molecular complexity index is 463. The topological polar surface area (TPSA) is 18.5 Å². The molecule has 0 spiro atoms. The number of hydrogen-bond acceptors (Lipinski definition) is 2. The van der Waals surface area contributed by atoms with Gasteiger partial charge in [0.05, 0.1) is 14.2 Å². The molecule has 2 aromatic rings. The van der Waals surface area contributed by atoms with Crippen LogP contribution >= 0.6 is 0 Å². The molecule has 0 heterocycles. The standard InChI is InChI=1S/C14H12O2/c1-15-13-9-8-12(10-14(13)16-2)11-6-4-3-5-7-11/h3-6,8-9H,1-2H3. The lowest BCUT2D eigenvalue weighted by molar-refractivity contribution is 0.354. The largest absolute Gasteiger partial charge is 0.493 e. The van der Waals surface area contributed by atoms with Crippen LogP contribution in [0.2, 0.25) is 0 Å². The fraction of sp³-hybridized carbons (Fsp3) is 0.143. The lowest BCUT2D eigenvalue weighted by atomic mass is 10.1. The smallest absolute Gasteiger partial charge is 0.169 e. The van der Waals surface area contributed by atoms with Crippen LogP contribution in [-0.4, -0.2) is 14.2 Å². The first kappa shape index (κ1) is 10.6. The highest BCUT2D eigenvalue weighted by Crippen LogP contribution is 2.31. The summed E-state index contributed by atoms with van der Waals surface area (Å²) in [7, 11) is 3.22. The SMILES string of the molecule is COc1[c]c(-c2[c]cccc2)ccc1OC. The van der Waals surface area contributed by atoms with Crippen molar-refractivity contribution in [2.24, 2.45) is 0 Å². The van der Waals surface area contributed by atoms with E-state index < -0.39 is 0 Å². The third kappa shape index (κ3) is 2.01. The van der Waals surface area contributed by atoms with Crippen molar-refractivity contribution in [2.45, 2.75) is 0 Å². The van der Waals surface area contributed by atoms with Crippen LogP contribution in [0, 0.1) is 12.1 Å². The van der Waals surface area contributed by atoms with Crippen molar-refractivity contribution >= 4 is 0 Å². The highest BCUT2D eigenvalue weighted by Gasteiger charge is 2.06. The lowest BCUT2D eigenvalue weighted by Crippen LogP contribution is -1.91. The molecule has 0 saturated heterocycles. The van der Waals surface area contributed by atoms with Gasteiger partial charge in [0.25, 0.3) is 0 Å². The van der Waals surface area contributed by atoms with Crippen molar-refractivity contribution in [3.63, 3.8) is 0 Å². The fourth-order valence-corrected chi connectivity index (χ4v) is 1.49. The van der Waals surface area contributed by atoms with Gasteiger partial charge in [-0.2, -0.15) is 0 Å². The molecule has 0 N–H and O–H groups in total. The highest BCUT2D eigenvalue weighted by molar-refractivity contribution is 5.65. The number of hydrogen-bond donors (Lipinski definition) is 0. The molecule has 2 nitrogen and oxygen atoms in total. The van der Waals surface area contributed by atoms with E-state index in [1.807, 2.05) is 36.4 Å². The minimum atomic E-state index is 0.609. The molecule has 0 aliphatic carbocycles. The van der Waals surface area contributed by atoms with Crippen LogP contribution < -0.4 is 9.47 Å². The normalized spacial score (nSPS) is 9.88. The highest BCUT2D eigenvalue weighted by atomic mass is 16.5. The average Bonchev–Trinajstić information content (AvgIpc) is 2.39. The first-order chi connectivity index (χ1) is 7.85. The zero-order valence-electron chi connectivity index (χ0n) is 9.28. The van der Waals surface area contributed by atoms with E-state index in [4.69, 9.17) is 9.47 Å². The minimum absolute atomic E-state index is 0.609. The fourth-order valence-electron chi connectivity index (χ4n) is 1.49. The summed E-state index contributed by atoms with van der Waals surface area (Å²) in [6, 6.07) is 17.9. The molecule has 0 fully saturated rings. The Hall–Kier alpha value is -1.96. The number of rotatable bonds is 3. The minimum Gasteiger partial charge on any atom is -0.493 e. The van der Waals surface area contributed by atoms with Crippen molar-refractivity contribution in [3.8, 4) is 22.6 Å². The average molecular weight is 212 g/mol. The van der Waals surface area contributed by atoms with Gasteiger partial charge in [0.2, 0.25) is 0 Å². The summed E-state index contributed by atoms with van der Waals surface area (Å²) in [5.41, 5.74) is 1.93. The van der Waals surface area contributed by atoms with Crippen LogP contribution in [0.25, 0.3) is 11.1 Å². The Kier molecular flexibility index (Phi) is 3.10. The van der Waals surface area contributed by atoms with Gasteiger partial charge >= 0.3 is 0 Å². The van der Waals surface area contributed by atoms with Crippen molar-refractivity contribution in [3.05, 3.63) is 48.5 Å². The van der Waals surface area contributed by atoms with E-state index in [0.29, 0.717) is 11.5 Å². The summed E-state index contributed by atoms with van der Waals surface area (Å²) in [5, 5.41) is 0. The van der Waals surface area contributed by atoms with Gasteiger partial charge in [0.15, 0.2) is 11.5 Å². The summed E-state index contributed by atoms with van der Waals surface area (Å²) < 4.78 is 10.4. The molecule has 0 aromatic heterocycles. The number of methoxy groups -OCH3 is 2. The first-order valence-corrected chi connectivity index (χ1v) is 4.96. The Balaban J connectivity index is 2.44. The second-order valence-corrected chi connectivity index (χ2v) is 3.25. The summed E-state index contributed by atoms with van der Waals surface area (Å²) in [6.07, 6.45) is 0. The molecule has 0 bridgehead atoms. The van der Waals surface area contributed by atoms with E-state index in [9.17, 15) is 0 Å². The molecule has 0 saturated carbocycles. The second-order valence-electron chi connectivity index (χ2n) is 3.25. The summed E-state index contributed by atoms with van der Waals surface area (Å²) in [6.45, 7) is 0. The Morgan fingerprint density at radius 3 is 2.44 bits per heavy atom. The van der Waals surface area contributed by atoms with Gasteiger partial charge in [-0.25, -0.2) is 0 Å². The molecule has 2 aromatic carbocycles. The summed E-state index contributed by atoms with van der Waals surface area (Å²) >= 11 is 0.